The minimum absolute atomic E-state index is 0.0732. The van der Waals surface area contributed by atoms with Gasteiger partial charge in [0.05, 0.1) is 33.8 Å². The largest absolute Gasteiger partial charge is 0.497 e. The van der Waals surface area contributed by atoms with Gasteiger partial charge in [0.1, 0.15) is 18.1 Å². The number of methoxy groups -OCH3 is 3. The van der Waals surface area contributed by atoms with Crippen LogP contribution in [0.1, 0.15) is 23.5 Å². The second kappa shape index (κ2) is 9.81. The monoisotopic (exact) mass is 488 g/mol. The molecule has 0 saturated carbocycles. The number of carbonyl (C=O) groups excluding carboxylic acids is 2. The maximum Gasteiger partial charge on any atom is 0.232 e. The molecule has 2 aliphatic rings. The van der Waals surface area contributed by atoms with Gasteiger partial charge in [0.25, 0.3) is 0 Å². The number of benzene rings is 3. The number of nitrogens with zero attached hydrogens (tertiary/aromatic N) is 1. The average Bonchev–Trinajstić information content (AvgIpc) is 3.06. The molecule has 0 saturated heterocycles. The first-order chi connectivity index (χ1) is 17.5. The summed E-state index contributed by atoms with van der Waals surface area (Å²) in [7, 11) is 4.81. The van der Waals surface area contributed by atoms with Crippen LogP contribution in [-0.2, 0) is 16.1 Å². The van der Waals surface area contributed by atoms with Crippen molar-refractivity contribution in [3.8, 4) is 34.1 Å². The van der Waals surface area contributed by atoms with Gasteiger partial charge in [-0.2, -0.15) is 0 Å². The third-order valence-electron chi connectivity index (χ3n) is 6.68. The van der Waals surface area contributed by atoms with E-state index < -0.39 is 5.92 Å². The van der Waals surface area contributed by atoms with Crippen molar-refractivity contribution in [3.63, 3.8) is 0 Å². The van der Waals surface area contributed by atoms with Gasteiger partial charge in [-0.3, -0.25) is 9.59 Å². The van der Waals surface area contributed by atoms with Crippen LogP contribution in [0.5, 0.6) is 23.0 Å². The van der Waals surface area contributed by atoms with Gasteiger partial charge >= 0.3 is 0 Å². The van der Waals surface area contributed by atoms with E-state index in [1.165, 1.54) is 0 Å². The lowest BCUT2D eigenvalue weighted by Crippen LogP contribution is -2.34. The number of nitrogens with one attached hydrogen (secondary N) is 1. The molecule has 5 rings (SSSR count). The third kappa shape index (κ3) is 4.30. The Morgan fingerprint density at radius 2 is 1.83 bits per heavy atom. The number of hydrogen-bond acceptors (Lipinski definition) is 6. The quantitative estimate of drug-likeness (QED) is 0.559. The summed E-state index contributed by atoms with van der Waals surface area (Å²) in [4.78, 5) is 27.8. The molecule has 1 atom stereocenters. The van der Waals surface area contributed by atoms with Crippen molar-refractivity contribution in [2.24, 2.45) is 0 Å². The van der Waals surface area contributed by atoms with Gasteiger partial charge in [0.2, 0.25) is 11.8 Å². The highest BCUT2D eigenvalue weighted by molar-refractivity contribution is 6.05. The van der Waals surface area contributed by atoms with Gasteiger partial charge in [0, 0.05) is 35.8 Å². The van der Waals surface area contributed by atoms with Crippen LogP contribution in [0.2, 0.25) is 0 Å². The van der Waals surface area contributed by atoms with Crippen molar-refractivity contribution < 1.29 is 28.5 Å². The summed E-state index contributed by atoms with van der Waals surface area (Å²) in [6, 6.07) is 17.1. The molecule has 0 aromatic heterocycles. The highest BCUT2D eigenvalue weighted by atomic mass is 16.5. The highest BCUT2D eigenvalue weighted by Gasteiger charge is 2.34. The van der Waals surface area contributed by atoms with Crippen molar-refractivity contribution >= 4 is 17.5 Å². The molecule has 36 heavy (non-hydrogen) atoms. The standard InChI is InChI=1S/C28H28N2O6/c1-33-19-8-9-21-22(28(32)29-23(21)14-19)15-26(31)30-10-11-36-27-18(16-30)12-17(13-25(27)35-3)20-6-4-5-7-24(20)34-2/h4-9,12-14,22H,10-11,15-16H2,1-3H3,(H,29,32). The van der Waals surface area contributed by atoms with E-state index in [0.29, 0.717) is 42.6 Å². The van der Waals surface area contributed by atoms with Gasteiger partial charge in [0.15, 0.2) is 11.5 Å². The Morgan fingerprint density at radius 1 is 1.03 bits per heavy atom. The second-order valence-corrected chi connectivity index (χ2v) is 8.73. The van der Waals surface area contributed by atoms with E-state index in [4.69, 9.17) is 18.9 Å². The summed E-state index contributed by atoms with van der Waals surface area (Å²) in [5.41, 5.74) is 4.15. The molecule has 2 aliphatic heterocycles. The average molecular weight is 489 g/mol. The number of anilines is 1. The zero-order valence-electron chi connectivity index (χ0n) is 20.5. The van der Waals surface area contributed by atoms with Crippen LogP contribution in [0, 0.1) is 0 Å². The molecule has 0 aliphatic carbocycles. The fourth-order valence-electron chi connectivity index (χ4n) is 4.83. The van der Waals surface area contributed by atoms with Crippen LogP contribution in [-0.4, -0.2) is 51.2 Å². The number of hydrogen-bond donors (Lipinski definition) is 1. The first kappa shape index (κ1) is 23.5. The molecule has 0 radical (unpaired) electrons. The summed E-state index contributed by atoms with van der Waals surface area (Å²) in [6.45, 7) is 1.08. The number of para-hydroxylation sites is 1. The highest BCUT2D eigenvalue weighted by Crippen LogP contribution is 2.41. The van der Waals surface area contributed by atoms with Crippen LogP contribution in [0.15, 0.2) is 54.6 Å². The molecular formula is C28H28N2O6. The summed E-state index contributed by atoms with van der Waals surface area (Å²) >= 11 is 0. The summed E-state index contributed by atoms with van der Waals surface area (Å²) in [5, 5.41) is 2.87. The Labute approximate surface area is 209 Å². The number of rotatable bonds is 6. The van der Waals surface area contributed by atoms with E-state index in [2.05, 4.69) is 5.32 Å². The Kier molecular flexibility index (Phi) is 6.41. The Bertz CT molecular complexity index is 1320. The molecule has 3 aromatic carbocycles. The smallest absolute Gasteiger partial charge is 0.232 e. The van der Waals surface area contributed by atoms with E-state index in [9.17, 15) is 9.59 Å². The molecule has 2 amide bonds. The topological polar surface area (TPSA) is 86.3 Å². The van der Waals surface area contributed by atoms with E-state index in [1.807, 2.05) is 42.5 Å². The van der Waals surface area contributed by atoms with Crippen LogP contribution in [0.25, 0.3) is 11.1 Å². The molecular weight excluding hydrogens is 460 g/mol. The second-order valence-electron chi connectivity index (χ2n) is 8.73. The predicted molar refractivity (Wildman–Crippen MR) is 135 cm³/mol. The molecule has 0 spiro atoms. The lowest BCUT2D eigenvalue weighted by atomic mass is 9.96. The zero-order valence-corrected chi connectivity index (χ0v) is 20.5. The molecule has 8 nitrogen and oxygen atoms in total. The van der Waals surface area contributed by atoms with E-state index in [-0.39, 0.29) is 18.2 Å². The van der Waals surface area contributed by atoms with E-state index >= 15 is 0 Å². The van der Waals surface area contributed by atoms with Crippen molar-refractivity contribution in [1.82, 2.24) is 4.90 Å². The maximum absolute atomic E-state index is 13.4. The van der Waals surface area contributed by atoms with Crippen molar-refractivity contribution in [3.05, 3.63) is 65.7 Å². The fourth-order valence-corrected chi connectivity index (χ4v) is 4.83. The van der Waals surface area contributed by atoms with Crippen LogP contribution in [0.4, 0.5) is 5.69 Å². The first-order valence-electron chi connectivity index (χ1n) is 11.8. The van der Waals surface area contributed by atoms with Crippen molar-refractivity contribution in [2.45, 2.75) is 18.9 Å². The molecule has 3 aromatic rings. The van der Waals surface area contributed by atoms with Crippen LogP contribution in [0.3, 0.4) is 0 Å². The Balaban J connectivity index is 1.42. The zero-order chi connectivity index (χ0) is 25.2. The van der Waals surface area contributed by atoms with Crippen LogP contribution >= 0.6 is 0 Å². The normalized spacial score (nSPS) is 16.2. The fraction of sp³-hybridized carbons (Fsp3) is 0.286. The lowest BCUT2D eigenvalue weighted by Gasteiger charge is -2.22. The van der Waals surface area contributed by atoms with Gasteiger partial charge in [-0.15, -0.1) is 0 Å². The Morgan fingerprint density at radius 3 is 2.61 bits per heavy atom. The SMILES string of the molecule is COc1ccc2c(c1)NC(=O)C2CC(=O)N1CCOc2c(cc(-c3ccccc3OC)cc2OC)C1. The first-order valence-corrected chi connectivity index (χ1v) is 11.8. The predicted octanol–water partition coefficient (Wildman–Crippen LogP) is 4.23. The maximum atomic E-state index is 13.4. The molecule has 0 bridgehead atoms. The number of ether oxygens (including phenoxy) is 4. The van der Waals surface area contributed by atoms with E-state index in [1.54, 1.807) is 38.4 Å². The lowest BCUT2D eigenvalue weighted by molar-refractivity contribution is -0.134. The molecule has 8 heteroatoms. The Hall–Kier alpha value is -4.20. The van der Waals surface area contributed by atoms with E-state index in [0.717, 1.165) is 28.0 Å². The van der Waals surface area contributed by atoms with Gasteiger partial charge in [-0.25, -0.2) is 0 Å². The summed E-state index contributed by atoms with van der Waals surface area (Å²) in [6.07, 6.45) is 0.0732. The number of amides is 2. The molecule has 1 unspecified atom stereocenters. The van der Waals surface area contributed by atoms with Crippen molar-refractivity contribution in [2.75, 3.05) is 39.8 Å². The third-order valence-corrected chi connectivity index (χ3v) is 6.68. The number of fused-ring (bicyclic) bond motifs is 2. The molecule has 1 N–H and O–H groups in total. The van der Waals surface area contributed by atoms with Gasteiger partial charge < -0.3 is 29.2 Å². The summed E-state index contributed by atoms with van der Waals surface area (Å²) < 4.78 is 22.5. The number of carbonyl (C=O) groups is 2. The van der Waals surface area contributed by atoms with Gasteiger partial charge in [-0.05, 0) is 35.4 Å². The molecule has 2 heterocycles. The molecule has 0 fully saturated rings. The minimum atomic E-state index is -0.545. The minimum Gasteiger partial charge on any atom is -0.497 e. The molecule has 186 valence electrons. The van der Waals surface area contributed by atoms with Crippen molar-refractivity contribution in [1.29, 1.82) is 0 Å². The van der Waals surface area contributed by atoms with Gasteiger partial charge in [-0.1, -0.05) is 24.3 Å². The van der Waals surface area contributed by atoms with Crippen LogP contribution < -0.4 is 24.3 Å². The summed E-state index contributed by atoms with van der Waals surface area (Å²) in [5.74, 6) is 1.78.